The van der Waals surface area contributed by atoms with E-state index < -0.39 is 150 Å². The number of aliphatic hydroxyl groups excluding tert-OH is 15. The van der Waals surface area contributed by atoms with Gasteiger partial charge in [-0.25, -0.2) is 0 Å². The highest BCUT2D eigenvalue weighted by atomic mass is 16.8. The third-order valence-corrected chi connectivity index (χ3v) is 7.88. The molecule has 19 atom stereocenters. The summed E-state index contributed by atoms with van der Waals surface area (Å²) in [6.45, 7) is -4.71. The van der Waals surface area contributed by atoms with Crippen LogP contribution < -0.4 is 0 Å². The second-order valence-corrected chi connectivity index (χ2v) is 10.9. The standard InChI is InChI=1S/C24H44O21/c25-1-6(30)11(31)12(32)7(2-26)41-23-20(17(37)14(34)9(4-28)42-23)45-24-21(18(38)15(35)10(5-29)43-24)44-22-19(39)16(36)13(33)8(3-27)40-22/h6-39H,1-5H2/t6-,7-,8-,9-,10-,11-,12-,13-,14-,15-,16+,17+,18+,19+,20+,21+,22-,23+,24-/m1/s1. The maximum Gasteiger partial charge on any atom is 0.187 e. The second kappa shape index (κ2) is 17.0. The smallest absolute Gasteiger partial charge is 0.187 e. The van der Waals surface area contributed by atoms with Crippen LogP contribution >= 0.6 is 0 Å². The Morgan fingerprint density at radius 2 is 0.889 bits per heavy atom. The van der Waals surface area contributed by atoms with Crippen molar-refractivity contribution in [2.45, 2.75) is 117 Å². The van der Waals surface area contributed by atoms with Gasteiger partial charge in [0.1, 0.15) is 97.7 Å². The fourth-order valence-corrected chi connectivity index (χ4v) is 5.07. The summed E-state index contributed by atoms with van der Waals surface area (Å²) in [5.41, 5.74) is 0. The van der Waals surface area contributed by atoms with Crippen molar-refractivity contribution in [1.29, 1.82) is 0 Å². The molecule has 0 bridgehead atoms. The van der Waals surface area contributed by atoms with Crippen LogP contribution in [0, 0.1) is 0 Å². The van der Waals surface area contributed by atoms with Crippen molar-refractivity contribution in [2.24, 2.45) is 0 Å². The zero-order valence-electron chi connectivity index (χ0n) is 23.7. The fourth-order valence-electron chi connectivity index (χ4n) is 5.07. The van der Waals surface area contributed by atoms with Gasteiger partial charge in [0, 0.05) is 0 Å². The van der Waals surface area contributed by atoms with Gasteiger partial charge in [0.15, 0.2) is 18.9 Å². The molecule has 3 aliphatic heterocycles. The van der Waals surface area contributed by atoms with Gasteiger partial charge in [-0.3, -0.25) is 0 Å². The maximum atomic E-state index is 10.9. The molecular weight excluding hydrogens is 624 g/mol. The van der Waals surface area contributed by atoms with Crippen molar-refractivity contribution in [3.63, 3.8) is 0 Å². The van der Waals surface area contributed by atoms with Gasteiger partial charge < -0.3 is 105 Å². The average Bonchev–Trinajstić information content (AvgIpc) is 3.04. The summed E-state index contributed by atoms with van der Waals surface area (Å²) >= 11 is 0. The molecule has 0 radical (unpaired) electrons. The first-order chi connectivity index (χ1) is 21.2. The highest BCUT2D eigenvalue weighted by molar-refractivity contribution is 4.96. The van der Waals surface area contributed by atoms with E-state index in [9.17, 15) is 71.5 Å². The van der Waals surface area contributed by atoms with Gasteiger partial charge in [0.25, 0.3) is 0 Å². The quantitative estimate of drug-likeness (QED) is 0.0816. The lowest BCUT2D eigenvalue weighted by Gasteiger charge is -2.48. The summed E-state index contributed by atoms with van der Waals surface area (Å²) in [4.78, 5) is 0. The minimum absolute atomic E-state index is 0.847. The molecule has 3 saturated heterocycles. The molecule has 45 heavy (non-hydrogen) atoms. The van der Waals surface area contributed by atoms with Crippen molar-refractivity contribution >= 4 is 0 Å². The van der Waals surface area contributed by atoms with Gasteiger partial charge in [-0.2, -0.15) is 0 Å². The van der Waals surface area contributed by atoms with Crippen molar-refractivity contribution in [3.8, 4) is 0 Å². The van der Waals surface area contributed by atoms with Gasteiger partial charge in [0.05, 0.1) is 33.0 Å². The Kier molecular flexibility index (Phi) is 14.6. The van der Waals surface area contributed by atoms with E-state index in [2.05, 4.69) is 0 Å². The molecule has 0 saturated carbocycles. The fraction of sp³-hybridized carbons (Fsp3) is 1.00. The van der Waals surface area contributed by atoms with Crippen LogP contribution in [0.25, 0.3) is 0 Å². The largest absolute Gasteiger partial charge is 0.394 e. The third-order valence-electron chi connectivity index (χ3n) is 7.88. The summed E-state index contributed by atoms with van der Waals surface area (Å²) in [5.74, 6) is 0. The first-order valence-electron chi connectivity index (χ1n) is 14.0. The Hall–Kier alpha value is -0.840. The van der Waals surface area contributed by atoms with Crippen LogP contribution in [-0.2, 0) is 28.4 Å². The van der Waals surface area contributed by atoms with Crippen LogP contribution in [0.5, 0.6) is 0 Å². The van der Waals surface area contributed by atoms with Gasteiger partial charge in [-0.05, 0) is 0 Å². The van der Waals surface area contributed by atoms with Crippen LogP contribution in [0.4, 0.5) is 0 Å². The lowest BCUT2D eigenvalue weighted by molar-refractivity contribution is -0.397. The minimum atomic E-state index is -2.10. The minimum Gasteiger partial charge on any atom is -0.394 e. The van der Waals surface area contributed by atoms with Crippen molar-refractivity contribution in [3.05, 3.63) is 0 Å². The van der Waals surface area contributed by atoms with E-state index in [1.165, 1.54) is 0 Å². The summed E-state index contributed by atoms with van der Waals surface area (Å²) in [6.07, 6.45) is -35.7. The van der Waals surface area contributed by atoms with E-state index in [0.717, 1.165) is 0 Å². The summed E-state index contributed by atoms with van der Waals surface area (Å²) in [6, 6.07) is 0. The molecule has 21 heteroatoms. The summed E-state index contributed by atoms with van der Waals surface area (Å²) in [5, 5.41) is 151. The zero-order valence-corrected chi connectivity index (χ0v) is 23.7. The Bertz CT molecular complexity index is 871. The molecule has 3 aliphatic rings. The number of ether oxygens (including phenoxy) is 6. The second-order valence-electron chi connectivity index (χ2n) is 10.9. The summed E-state index contributed by atoms with van der Waals surface area (Å²) < 4.78 is 33.0. The molecule has 0 unspecified atom stereocenters. The van der Waals surface area contributed by atoms with Gasteiger partial charge in [-0.15, -0.1) is 0 Å². The molecule has 0 amide bonds. The molecule has 0 spiro atoms. The van der Waals surface area contributed by atoms with E-state index in [4.69, 9.17) is 33.5 Å². The first kappa shape index (κ1) is 38.6. The number of hydrogen-bond acceptors (Lipinski definition) is 21. The molecule has 0 aliphatic carbocycles. The molecular formula is C24H44O21. The molecule has 3 fully saturated rings. The van der Waals surface area contributed by atoms with E-state index >= 15 is 0 Å². The summed E-state index contributed by atoms with van der Waals surface area (Å²) in [7, 11) is 0. The Morgan fingerprint density at radius 1 is 0.467 bits per heavy atom. The van der Waals surface area contributed by atoms with Crippen LogP contribution in [0.15, 0.2) is 0 Å². The lowest BCUT2D eigenvalue weighted by atomic mass is 9.96. The Labute approximate surface area is 255 Å². The number of aliphatic hydroxyl groups is 15. The SMILES string of the molecule is OC[C@@H](O)[C@@H](O)[C@H](O)[C@@H](CO)O[C@H]1O[C@H](CO)[C@@H](O)[C@H](O)[C@@H]1O[C@H]1O[C@H](CO)[C@@H](O)[C@H](O)[C@@H]1O[C@H]1O[C@H](CO)[C@@H](O)[C@H](O)[C@@H]1O. The Morgan fingerprint density at radius 3 is 1.36 bits per heavy atom. The topological polar surface area (TPSA) is 359 Å². The normalized spacial score (nSPS) is 45.5. The van der Waals surface area contributed by atoms with Crippen LogP contribution in [0.1, 0.15) is 0 Å². The molecule has 0 aromatic rings. The average molecular weight is 669 g/mol. The first-order valence-corrected chi connectivity index (χ1v) is 14.0. The third kappa shape index (κ3) is 8.43. The molecule has 266 valence electrons. The highest BCUT2D eigenvalue weighted by Crippen LogP contribution is 2.33. The van der Waals surface area contributed by atoms with E-state index in [1.807, 2.05) is 0 Å². The van der Waals surface area contributed by atoms with Crippen molar-refractivity contribution < 1.29 is 105 Å². The van der Waals surface area contributed by atoms with Gasteiger partial charge >= 0.3 is 0 Å². The highest BCUT2D eigenvalue weighted by Gasteiger charge is 2.54. The number of rotatable bonds is 14. The Balaban J connectivity index is 1.92. The van der Waals surface area contributed by atoms with Crippen molar-refractivity contribution in [2.75, 3.05) is 33.0 Å². The monoisotopic (exact) mass is 668 g/mol. The number of hydrogen-bond donors (Lipinski definition) is 15. The lowest BCUT2D eigenvalue weighted by Crippen LogP contribution is -2.67. The molecule has 3 rings (SSSR count). The van der Waals surface area contributed by atoms with Gasteiger partial charge in [0.2, 0.25) is 0 Å². The molecule has 3 heterocycles. The zero-order chi connectivity index (χ0) is 33.7. The van der Waals surface area contributed by atoms with E-state index in [0.29, 0.717) is 0 Å². The van der Waals surface area contributed by atoms with Crippen LogP contribution in [0.3, 0.4) is 0 Å². The molecule has 0 aromatic carbocycles. The predicted octanol–water partition coefficient (Wildman–Crippen LogP) is -10.1. The van der Waals surface area contributed by atoms with E-state index in [1.54, 1.807) is 0 Å². The molecule has 0 aromatic heterocycles. The molecule has 21 nitrogen and oxygen atoms in total. The van der Waals surface area contributed by atoms with E-state index in [-0.39, 0.29) is 0 Å². The van der Waals surface area contributed by atoms with Crippen LogP contribution in [0.2, 0.25) is 0 Å². The predicted molar refractivity (Wildman–Crippen MR) is 136 cm³/mol. The maximum absolute atomic E-state index is 10.9. The van der Waals surface area contributed by atoms with Crippen LogP contribution in [-0.4, -0.2) is 226 Å². The molecule has 15 N–H and O–H groups in total. The van der Waals surface area contributed by atoms with Gasteiger partial charge in [-0.1, -0.05) is 0 Å². The van der Waals surface area contributed by atoms with Crippen molar-refractivity contribution in [1.82, 2.24) is 0 Å².